The van der Waals surface area contributed by atoms with Gasteiger partial charge in [0.2, 0.25) is 0 Å². The van der Waals surface area contributed by atoms with Gasteiger partial charge in [-0.3, -0.25) is 9.59 Å². The number of anilines is 4. The smallest absolute Gasteiger partial charge is 0.259 e. The standard InChI is InChI=1S/C25H27N5O2/c1-17-5-12-23(27-16-17)29-25(32)21-15-19(26)8-11-22(21)28-24(31)18-6-9-20(10-7-18)30-13-3-2-4-14-30/h5-12,15-16H,2-4,13-14,26H2,1H3,(H,28,31)(H,27,29,32). The van der Waals surface area contributed by atoms with Crippen LogP contribution in [0, 0.1) is 6.92 Å². The molecule has 7 nitrogen and oxygen atoms in total. The van der Waals surface area contributed by atoms with Crippen LogP contribution < -0.4 is 21.3 Å². The van der Waals surface area contributed by atoms with Crippen molar-refractivity contribution >= 4 is 34.7 Å². The van der Waals surface area contributed by atoms with E-state index in [2.05, 4.69) is 20.5 Å². The number of nitrogens with one attached hydrogen (secondary N) is 2. The molecule has 2 heterocycles. The monoisotopic (exact) mass is 429 g/mol. The Morgan fingerprint density at radius 1 is 0.906 bits per heavy atom. The molecule has 1 fully saturated rings. The summed E-state index contributed by atoms with van der Waals surface area (Å²) in [7, 11) is 0. The van der Waals surface area contributed by atoms with Crippen molar-refractivity contribution in [1.82, 2.24) is 4.98 Å². The fourth-order valence-corrected chi connectivity index (χ4v) is 3.75. The molecule has 0 aliphatic carbocycles. The van der Waals surface area contributed by atoms with Gasteiger partial charge in [0.25, 0.3) is 11.8 Å². The first kappa shape index (κ1) is 21.4. The Balaban J connectivity index is 1.49. The van der Waals surface area contributed by atoms with Crippen LogP contribution in [0.5, 0.6) is 0 Å². The Hall–Kier alpha value is -3.87. The van der Waals surface area contributed by atoms with Crippen molar-refractivity contribution in [3.8, 4) is 0 Å². The minimum atomic E-state index is -0.399. The Kier molecular flexibility index (Phi) is 6.35. The van der Waals surface area contributed by atoms with Crippen molar-refractivity contribution in [2.75, 3.05) is 34.4 Å². The van der Waals surface area contributed by atoms with Crippen LogP contribution in [-0.4, -0.2) is 29.9 Å². The third-order valence-electron chi connectivity index (χ3n) is 5.54. The molecular weight excluding hydrogens is 402 g/mol. The number of hydrogen-bond donors (Lipinski definition) is 3. The first-order valence-corrected chi connectivity index (χ1v) is 10.8. The summed E-state index contributed by atoms with van der Waals surface area (Å²) in [4.78, 5) is 32.2. The van der Waals surface area contributed by atoms with E-state index in [-0.39, 0.29) is 11.5 Å². The molecule has 4 rings (SSSR count). The zero-order valence-electron chi connectivity index (χ0n) is 18.1. The fraction of sp³-hybridized carbons (Fsp3) is 0.240. The SMILES string of the molecule is Cc1ccc(NC(=O)c2cc(N)ccc2NC(=O)c2ccc(N3CCCCC3)cc2)nc1. The highest BCUT2D eigenvalue weighted by Gasteiger charge is 2.17. The van der Waals surface area contributed by atoms with E-state index >= 15 is 0 Å². The number of carbonyl (C=O) groups excluding carboxylic acids is 2. The Morgan fingerprint density at radius 3 is 2.34 bits per heavy atom. The van der Waals surface area contributed by atoms with Crippen LogP contribution in [0.4, 0.5) is 22.9 Å². The number of nitrogen functional groups attached to an aromatic ring is 1. The summed E-state index contributed by atoms with van der Waals surface area (Å²) in [5.41, 5.74) is 9.61. The van der Waals surface area contributed by atoms with Crippen LogP contribution in [0.3, 0.4) is 0 Å². The van der Waals surface area contributed by atoms with Crippen LogP contribution in [-0.2, 0) is 0 Å². The predicted molar refractivity (Wildman–Crippen MR) is 128 cm³/mol. The lowest BCUT2D eigenvalue weighted by atomic mass is 10.1. The number of rotatable bonds is 5. The number of nitrogens with zero attached hydrogens (tertiary/aromatic N) is 2. The van der Waals surface area contributed by atoms with Gasteiger partial charge in [0.05, 0.1) is 11.3 Å². The van der Waals surface area contributed by atoms with Gasteiger partial charge in [-0.15, -0.1) is 0 Å². The molecule has 1 aliphatic rings. The van der Waals surface area contributed by atoms with Gasteiger partial charge in [0, 0.05) is 36.2 Å². The van der Waals surface area contributed by atoms with Gasteiger partial charge >= 0.3 is 0 Å². The van der Waals surface area contributed by atoms with Crippen LogP contribution >= 0.6 is 0 Å². The second-order valence-corrected chi connectivity index (χ2v) is 8.03. The molecule has 2 amide bonds. The zero-order chi connectivity index (χ0) is 22.5. The highest BCUT2D eigenvalue weighted by molar-refractivity contribution is 6.12. The van der Waals surface area contributed by atoms with Gasteiger partial charge in [-0.2, -0.15) is 0 Å². The largest absolute Gasteiger partial charge is 0.399 e. The van der Waals surface area contributed by atoms with Crippen molar-refractivity contribution in [3.63, 3.8) is 0 Å². The molecule has 7 heteroatoms. The van der Waals surface area contributed by atoms with Crippen LogP contribution in [0.2, 0.25) is 0 Å². The molecule has 0 saturated carbocycles. The molecule has 3 aromatic rings. The number of carbonyl (C=O) groups is 2. The molecule has 0 radical (unpaired) electrons. The summed E-state index contributed by atoms with van der Waals surface area (Å²) >= 11 is 0. The second kappa shape index (κ2) is 9.51. The highest BCUT2D eigenvalue weighted by atomic mass is 16.2. The van der Waals surface area contributed by atoms with E-state index in [0.717, 1.165) is 24.3 Å². The van der Waals surface area contributed by atoms with Gasteiger partial charge in [0.15, 0.2) is 0 Å². The first-order chi connectivity index (χ1) is 15.5. The molecule has 0 unspecified atom stereocenters. The molecule has 0 atom stereocenters. The van der Waals surface area contributed by atoms with Crippen molar-refractivity contribution in [1.29, 1.82) is 0 Å². The number of nitrogens with two attached hydrogens (primary N) is 1. The van der Waals surface area contributed by atoms with Gasteiger partial charge in [0.1, 0.15) is 5.82 Å². The van der Waals surface area contributed by atoms with E-state index in [1.165, 1.54) is 19.3 Å². The molecule has 1 saturated heterocycles. The summed E-state index contributed by atoms with van der Waals surface area (Å²) < 4.78 is 0. The lowest BCUT2D eigenvalue weighted by molar-refractivity contribution is 0.102. The van der Waals surface area contributed by atoms with Crippen molar-refractivity contribution in [2.24, 2.45) is 0 Å². The predicted octanol–water partition coefficient (Wildman–Crippen LogP) is 4.47. The van der Waals surface area contributed by atoms with E-state index in [1.807, 2.05) is 37.3 Å². The van der Waals surface area contributed by atoms with E-state index in [4.69, 9.17) is 5.73 Å². The number of piperidine rings is 1. The van der Waals surface area contributed by atoms with Gasteiger partial charge in [-0.25, -0.2) is 4.98 Å². The third kappa shape index (κ3) is 5.06. The number of aryl methyl sites for hydroxylation is 1. The van der Waals surface area contributed by atoms with Crippen molar-refractivity contribution in [2.45, 2.75) is 26.2 Å². The zero-order valence-corrected chi connectivity index (χ0v) is 18.1. The fourth-order valence-electron chi connectivity index (χ4n) is 3.75. The quantitative estimate of drug-likeness (QED) is 0.520. The van der Waals surface area contributed by atoms with Crippen LogP contribution in [0.1, 0.15) is 45.5 Å². The number of amides is 2. The molecule has 32 heavy (non-hydrogen) atoms. The Morgan fingerprint density at radius 2 is 1.66 bits per heavy atom. The molecule has 0 spiro atoms. The highest BCUT2D eigenvalue weighted by Crippen LogP contribution is 2.23. The van der Waals surface area contributed by atoms with E-state index in [0.29, 0.717) is 22.8 Å². The molecule has 164 valence electrons. The number of pyridine rings is 1. The molecular formula is C25H27N5O2. The summed E-state index contributed by atoms with van der Waals surface area (Å²) in [6, 6.07) is 16.0. The molecule has 1 aromatic heterocycles. The average Bonchev–Trinajstić information content (AvgIpc) is 2.82. The molecule has 1 aliphatic heterocycles. The Bertz CT molecular complexity index is 1100. The summed E-state index contributed by atoms with van der Waals surface area (Å²) in [6.07, 6.45) is 5.34. The molecule has 0 bridgehead atoms. The molecule has 2 aromatic carbocycles. The lowest BCUT2D eigenvalue weighted by Crippen LogP contribution is -2.29. The van der Waals surface area contributed by atoms with Crippen molar-refractivity contribution in [3.05, 3.63) is 77.5 Å². The maximum absolute atomic E-state index is 12.9. The maximum atomic E-state index is 12.9. The summed E-state index contributed by atoms with van der Waals surface area (Å²) in [5, 5.41) is 5.59. The Labute approximate surface area is 187 Å². The van der Waals surface area contributed by atoms with Gasteiger partial charge in [-0.1, -0.05) is 6.07 Å². The second-order valence-electron chi connectivity index (χ2n) is 8.03. The third-order valence-corrected chi connectivity index (χ3v) is 5.54. The van der Waals surface area contributed by atoms with Crippen LogP contribution in [0.25, 0.3) is 0 Å². The topological polar surface area (TPSA) is 100 Å². The van der Waals surface area contributed by atoms with Crippen molar-refractivity contribution < 1.29 is 9.59 Å². The summed E-state index contributed by atoms with van der Waals surface area (Å²) in [5.74, 6) is -0.263. The van der Waals surface area contributed by atoms with Gasteiger partial charge in [-0.05, 0) is 80.3 Å². The minimum Gasteiger partial charge on any atom is -0.399 e. The van der Waals surface area contributed by atoms with Crippen LogP contribution in [0.15, 0.2) is 60.8 Å². The van der Waals surface area contributed by atoms with E-state index in [1.54, 1.807) is 30.5 Å². The normalized spacial score (nSPS) is 13.5. The van der Waals surface area contributed by atoms with E-state index in [9.17, 15) is 9.59 Å². The van der Waals surface area contributed by atoms with E-state index < -0.39 is 5.91 Å². The van der Waals surface area contributed by atoms with Gasteiger partial charge < -0.3 is 21.3 Å². The number of aromatic nitrogens is 1. The average molecular weight is 430 g/mol. The summed E-state index contributed by atoms with van der Waals surface area (Å²) in [6.45, 7) is 4.01. The number of benzene rings is 2. The lowest BCUT2D eigenvalue weighted by Gasteiger charge is -2.28. The maximum Gasteiger partial charge on any atom is 0.259 e. The molecule has 4 N–H and O–H groups in total. The number of hydrogen-bond acceptors (Lipinski definition) is 5. The minimum absolute atomic E-state index is 0.269. The first-order valence-electron chi connectivity index (χ1n) is 10.8.